The lowest BCUT2D eigenvalue weighted by Gasteiger charge is -2.33. The van der Waals surface area contributed by atoms with Crippen LogP contribution < -0.4 is 4.72 Å². The number of piperidine rings is 1. The molecule has 0 spiro atoms. The second-order valence-electron chi connectivity index (χ2n) is 8.40. The van der Waals surface area contributed by atoms with Crippen molar-refractivity contribution >= 4 is 26.8 Å². The molecular weight excluding hydrogens is 426 g/mol. The number of likely N-dealkylation sites (tertiary alicyclic amines) is 1. The Hall–Kier alpha value is -3.09. The molecule has 0 radical (unpaired) electrons. The van der Waals surface area contributed by atoms with Crippen molar-refractivity contribution in [3.05, 3.63) is 54.5 Å². The summed E-state index contributed by atoms with van der Waals surface area (Å²) in [5.41, 5.74) is 1.32. The van der Waals surface area contributed by atoms with Gasteiger partial charge >= 0.3 is 0 Å². The molecule has 9 heteroatoms. The molecule has 0 aliphatic carbocycles. The van der Waals surface area contributed by atoms with Crippen LogP contribution in [0.25, 0.3) is 10.9 Å². The molecule has 0 bridgehead atoms. The van der Waals surface area contributed by atoms with Gasteiger partial charge in [0.2, 0.25) is 15.9 Å². The van der Waals surface area contributed by atoms with Gasteiger partial charge in [-0.3, -0.25) is 4.79 Å². The molecule has 1 atom stereocenters. The molecule has 0 saturated carbocycles. The van der Waals surface area contributed by atoms with Gasteiger partial charge in [-0.1, -0.05) is 6.92 Å². The standard InChI is InChI=1S/C23H27N5O3S/c1-17-7-12-28(13-8-17)23(29)22(9-14-27-11-2-3-19(27)16-24)26-32(30,31)20-4-5-21-18(15-20)6-10-25-21/h2-6,10-11,15,17,22,25-26H,7-9,12-14H2,1H3. The predicted molar refractivity (Wildman–Crippen MR) is 121 cm³/mol. The lowest BCUT2D eigenvalue weighted by molar-refractivity contribution is -0.134. The van der Waals surface area contributed by atoms with Crippen LogP contribution in [0.2, 0.25) is 0 Å². The molecule has 1 unspecified atom stereocenters. The molecule has 3 aromatic rings. The molecule has 4 rings (SSSR count). The number of hydrogen-bond donors (Lipinski definition) is 2. The zero-order valence-corrected chi connectivity index (χ0v) is 18.8. The van der Waals surface area contributed by atoms with Crippen LogP contribution in [0.1, 0.15) is 31.9 Å². The van der Waals surface area contributed by atoms with Gasteiger partial charge in [-0.2, -0.15) is 9.98 Å². The fourth-order valence-corrected chi connectivity index (χ4v) is 5.37. The van der Waals surface area contributed by atoms with Gasteiger partial charge < -0.3 is 14.5 Å². The zero-order valence-electron chi connectivity index (χ0n) is 18.0. The first-order valence-electron chi connectivity index (χ1n) is 10.8. The topological polar surface area (TPSA) is 111 Å². The minimum Gasteiger partial charge on any atom is -0.361 e. The van der Waals surface area contributed by atoms with E-state index in [4.69, 9.17) is 0 Å². The lowest BCUT2D eigenvalue weighted by atomic mass is 9.98. The van der Waals surface area contributed by atoms with Crippen LogP contribution >= 0.6 is 0 Å². The van der Waals surface area contributed by atoms with Crippen LogP contribution in [0.4, 0.5) is 0 Å². The number of amides is 1. The molecule has 2 aromatic heterocycles. The number of sulfonamides is 1. The van der Waals surface area contributed by atoms with Crippen molar-refractivity contribution in [3.63, 3.8) is 0 Å². The Morgan fingerprint density at radius 1 is 1.28 bits per heavy atom. The lowest BCUT2D eigenvalue weighted by Crippen LogP contribution is -2.50. The molecule has 3 heterocycles. The average Bonchev–Trinajstić information content (AvgIpc) is 3.45. The summed E-state index contributed by atoms with van der Waals surface area (Å²) < 4.78 is 30.7. The van der Waals surface area contributed by atoms with Crippen molar-refractivity contribution in [1.29, 1.82) is 5.26 Å². The van der Waals surface area contributed by atoms with E-state index >= 15 is 0 Å². The molecule has 1 aromatic carbocycles. The summed E-state index contributed by atoms with van der Waals surface area (Å²) in [5, 5.41) is 10.0. The second-order valence-corrected chi connectivity index (χ2v) is 10.1. The normalized spacial score (nSPS) is 16.2. The van der Waals surface area contributed by atoms with E-state index in [1.54, 1.807) is 52.2 Å². The number of nitrogens with one attached hydrogen (secondary N) is 2. The molecule has 1 fully saturated rings. The highest BCUT2D eigenvalue weighted by atomic mass is 32.2. The summed E-state index contributed by atoms with van der Waals surface area (Å²) in [5.74, 6) is 0.342. The van der Waals surface area contributed by atoms with Crippen LogP contribution in [-0.4, -0.2) is 47.9 Å². The van der Waals surface area contributed by atoms with E-state index in [1.807, 2.05) is 0 Å². The summed E-state index contributed by atoms with van der Waals surface area (Å²) in [7, 11) is -3.92. The average molecular weight is 454 g/mol. The number of H-pyrrole nitrogens is 1. The summed E-state index contributed by atoms with van der Waals surface area (Å²) >= 11 is 0. The molecule has 8 nitrogen and oxygen atoms in total. The van der Waals surface area contributed by atoms with E-state index in [0.717, 1.165) is 23.7 Å². The van der Waals surface area contributed by atoms with Crippen molar-refractivity contribution in [2.45, 2.75) is 43.7 Å². The maximum atomic E-state index is 13.3. The van der Waals surface area contributed by atoms with Gasteiger partial charge in [0.15, 0.2) is 0 Å². The Kier molecular flexibility index (Phi) is 6.35. The van der Waals surface area contributed by atoms with Crippen molar-refractivity contribution in [2.24, 2.45) is 5.92 Å². The highest BCUT2D eigenvalue weighted by Gasteiger charge is 2.31. The number of hydrogen-bond acceptors (Lipinski definition) is 4. The van der Waals surface area contributed by atoms with Gasteiger partial charge in [-0.05, 0) is 61.6 Å². The fraction of sp³-hybridized carbons (Fsp3) is 0.391. The quantitative estimate of drug-likeness (QED) is 0.573. The molecule has 1 amide bonds. The van der Waals surface area contributed by atoms with Gasteiger partial charge in [0.05, 0.1) is 4.90 Å². The number of rotatable bonds is 7. The van der Waals surface area contributed by atoms with E-state index in [0.29, 0.717) is 31.2 Å². The largest absolute Gasteiger partial charge is 0.361 e. The third kappa shape index (κ3) is 4.71. The number of carbonyl (C=O) groups is 1. The van der Waals surface area contributed by atoms with Crippen LogP contribution in [0.15, 0.2) is 53.7 Å². The van der Waals surface area contributed by atoms with Crippen LogP contribution in [-0.2, 0) is 21.4 Å². The molecule has 1 saturated heterocycles. The van der Waals surface area contributed by atoms with Crippen LogP contribution in [0.3, 0.4) is 0 Å². The van der Waals surface area contributed by atoms with Gasteiger partial charge in [0.1, 0.15) is 17.8 Å². The molecule has 32 heavy (non-hydrogen) atoms. The highest BCUT2D eigenvalue weighted by Crippen LogP contribution is 2.21. The summed E-state index contributed by atoms with van der Waals surface area (Å²) in [6.07, 6.45) is 5.58. The number of benzene rings is 1. The molecule has 2 N–H and O–H groups in total. The molecule has 1 aliphatic rings. The van der Waals surface area contributed by atoms with E-state index in [-0.39, 0.29) is 17.2 Å². The molecular formula is C23H27N5O3S. The number of nitrogens with zero attached hydrogens (tertiary/aromatic N) is 3. The smallest absolute Gasteiger partial charge is 0.241 e. The Labute approximate surface area is 187 Å². The molecule has 168 valence electrons. The summed E-state index contributed by atoms with van der Waals surface area (Å²) in [4.78, 5) is 18.2. The first kappa shape index (κ1) is 22.1. The van der Waals surface area contributed by atoms with Crippen molar-refractivity contribution in [1.82, 2.24) is 19.2 Å². The van der Waals surface area contributed by atoms with Crippen molar-refractivity contribution in [2.75, 3.05) is 13.1 Å². The number of aromatic amines is 1. The van der Waals surface area contributed by atoms with E-state index in [1.165, 1.54) is 6.07 Å². The number of aryl methyl sites for hydroxylation is 1. The number of aromatic nitrogens is 2. The van der Waals surface area contributed by atoms with Gasteiger partial charge in [-0.15, -0.1) is 0 Å². The molecule has 1 aliphatic heterocycles. The van der Waals surface area contributed by atoms with Crippen LogP contribution in [0.5, 0.6) is 0 Å². The third-order valence-corrected chi connectivity index (χ3v) is 7.60. The van der Waals surface area contributed by atoms with Gasteiger partial charge in [-0.25, -0.2) is 8.42 Å². The Balaban J connectivity index is 1.57. The predicted octanol–water partition coefficient (Wildman–Crippen LogP) is 2.84. The monoisotopic (exact) mass is 453 g/mol. The minimum atomic E-state index is -3.92. The minimum absolute atomic E-state index is 0.119. The highest BCUT2D eigenvalue weighted by molar-refractivity contribution is 7.89. The van der Waals surface area contributed by atoms with E-state index < -0.39 is 16.1 Å². The third-order valence-electron chi connectivity index (χ3n) is 6.13. The second kappa shape index (κ2) is 9.18. The van der Waals surface area contributed by atoms with E-state index in [2.05, 4.69) is 22.7 Å². The maximum absolute atomic E-state index is 13.3. The zero-order chi connectivity index (χ0) is 22.7. The van der Waals surface area contributed by atoms with Gasteiger partial charge in [0, 0.05) is 42.9 Å². The van der Waals surface area contributed by atoms with Crippen molar-refractivity contribution < 1.29 is 13.2 Å². The number of nitriles is 1. The summed E-state index contributed by atoms with van der Waals surface area (Å²) in [6.45, 7) is 3.77. The SMILES string of the molecule is CC1CCN(C(=O)C(CCn2cccc2C#N)NS(=O)(=O)c2ccc3[nH]ccc3c2)CC1. The van der Waals surface area contributed by atoms with Crippen LogP contribution in [0, 0.1) is 17.2 Å². The fourth-order valence-electron chi connectivity index (χ4n) is 4.11. The van der Waals surface area contributed by atoms with E-state index in [9.17, 15) is 18.5 Å². The number of fused-ring (bicyclic) bond motifs is 1. The first-order chi connectivity index (χ1) is 15.4. The summed E-state index contributed by atoms with van der Waals surface area (Å²) in [6, 6.07) is 11.3. The Morgan fingerprint density at radius 3 is 2.81 bits per heavy atom. The van der Waals surface area contributed by atoms with Gasteiger partial charge in [0.25, 0.3) is 0 Å². The number of carbonyl (C=O) groups excluding carboxylic acids is 1. The van der Waals surface area contributed by atoms with Crippen molar-refractivity contribution in [3.8, 4) is 6.07 Å². The Bertz CT molecular complexity index is 1250. The maximum Gasteiger partial charge on any atom is 0.241 e. The first-order valence-corrected chi connectivity index (χ1v) is 12.3. The Morgan fingerprint density at radius 2 is 2.06 bits per heavy atom.